The number of amidine groups is 1. The fourth-order valence-electron chi connectivity index (χ4n) is 5.99. The molecule has 2 aromatic carbocycles. The SMILES string of the molecule is CCN(C(=O)C1=C(C(C)C)N2C(=N[C@@](C)(c3ccc(Cl)cc3)[C@H]2c2ccc(Cl)cc2)S1)[C@H]1CN(C)C[C@@H]1O. The summed E-state index contributed by atoms with van der Waals surface area (Å²) in [5.41, 5.74) is 2.48. The predicted molar refractivity (Wildman–Crippen MR) is 156 cm³/mol. The van der Waals surface area contributed by atoms with Crippen LogP contribution in [-0.4, -0.2) is 69.7 Å². The van der Waals surface area contributed by atoms with Gasteiger partial charge in [0.2, 0.25) is 0 Å². The number of β-amino-alcohol motifs (C(OH)–C–C–N with tert-alkyl or cyclic N) is 1. The molecule has 3 aliphatic heterocycles. The third-order valence-corrected chi connectivity index (χ3v) is 9.37. The maximum Gasteiger partial charge on any atom is 0.262 e. The summed E-state index contributed by atoms with van der Waals surface area (Å²) in [5.74, 6) is 0.0344. The Labute approximate surface area is 239 Å². The van der Waals surface area contributed by atoms with Crippen molar-refractivity contribution in [3.63, 3.8) is 0 Å². The van der Waals surface area contributed by atoms with Crippen molar-refractivity contribution < 1.29 is 9.90 Å². The first-order valence-corrected chi connectivity index (χ1v) is 14.6. The second-order valence-corrected chi connectivity index (χ2v) is 12.6. The first-order chi connectivity index (χ1) is 18.0. The van der Waals surface area contributed by atoms with E-state index in [2.05, 4.69) is 30.6 Å². The minimum atomic E-state index is -0.607. The number of halogens is 2. The predicted octanol–water partition coefficient (Wildman–Crippen LogP) is 5.76. The van der Waals surface area contributed by atoms with Crippen LogP contribution in [0.3, 0.4) is 0 Å². The molecule has 1 amide bonds. The Morgan fingerprint density at radius 1 is 1.13 bits per heavy atom. The van der Waals surface area contributed by atoms with Crippen molar-refractivity contribution in [1.29, 1.82) is 0 Å². The summed E-state index contributed by atoms with van der Waals surface area (Å²) in [7, 11) is 1.98. The smallest absolute Gasteiger partial charge is 0.262 e. The van der Waals surface area contributed by atoms with Crippen molar-refractivity contribution in [3.05, 3.63) is 80.3 Å². The van der Waals surface area contributed by atoms with Crippen LogP contribution in [0.5, 0.6) is 0 Å². The van der Waals surface area contributed by atoms with Crippen LogP contribution < -0.4 is 0 Å². The number of nitrogens with zero attached hydrogens (tertiary/aromatic N) is 4. The maximum absolute atomic E-state index is 14.1. The molecule has 1 saturated heterocycles. The summed E-state index contributed by atoms with van der Waals surface area (Å²) in [6, 6.07) is 15.4. The maximum atomic E-state index is 14.1. The molecule has 2 aromatic rings. The Morgan fingerprint density at radius 3 is 2.26 bits per heavy atom. The number of rotatable bonds is 6. The number of amides is 1. The molecule has 0 spiro atoms. The van der Waals surface area contributed by atoms with Crippen LogP contribution in [-0.2, 0) is 10.3 Å². The number of carbonyl (C=O) groups is 1. The van der Waals surface area contributed by atoms with Gasteiger partial charge in [-0.25, -0.2) is 4.99 Å². The van der Waals surface area contributed by atoms with Crippen molar-refractivity contribution in [3.8, 4) is 0 Å². The van der Waals surface area contributed by atoms with E-state index in [9.17, 15) is 9.90 Å². The van der Waals surface area contributed by atoms with Gasteiger partial charge in [-0.1, -0.05) is 61.3 Å². The number of fused-ring (bicyclic) bond motifs is 1. The minimum Gasteiger partial charge on any atom is -0.390 e. The molecule has 9 heteroatoms. The molecule has 0 radical (unpaired) electrons. The highest BCUT2D eigenvalue weighted by atomic mass is 35.5. The van der Waals surface area contributed by atoms with E-state index >= 15 is 0 Å². The number of benzene rings is 2. The molecule has 1 fully saturated rings. The van der Waals surface area contributed by atoms with Gasteiger partial charge in [-0.15, -0.1) is 0 Å². The Morgan fingerprint density at radius 2 is 1.74 bits per heavy atom. The molecule has 38 heavy (non-hydrogen) atoms. The second kappa shape index (κ2) is 10.5. The number of carbonyl (C=O) groups excluding carboxylic acids is 1. The highest BCUT2D eigenvalue weighted by Gasteiger charge is 2.53. The molecule has 5 rings (SSSR count). The number of likely N-dealkylation sites (N-methyl/N-ethyl adjacent to an activating group) is 2. The standard InChI is InChI=1S/C29H34Cl2N4O2S/c1-6-34(22-15-33(5)16-23(22)36)27(37)25-24(17(2)3)35-26(18-7-11-20(30)12-8-18)29(4,32-28(35)38-25)19-9-13-21(31)14-10-19/h7-14,17,22-23,26,36H,6,15-16H2,1-5H3/t22-,23-,26+,29-/m0/s1. The first kappa shape index (κ1) is 27.5. The number of aliphatic hydroxyl groups excluding tert-OH is 1. The zero-order chi connectivity index (χ0) is 27.4. The summed E-state index contributed by atoms with van der Waals surface area (Å²) in [6.45, 7) is 10.1. The van der Waals surface area contributed by atoms with E-state index in [4.69, 9.17) is 28.2 Å². The molecule has 0 saturated carbocycles. The largest absolute Gasteiger partial charge is 0.390 e. The van der Waals surface area contributed by atoms with Crippen LogP contribution in [0, 0.1) is 5.92 Å². The molecule has 4 atom stereocenters. The average molecular weight is 574 g/mol. The normalized spacial score (nSPS) is 27.3. The van der Waals surface area contributed by atoms with E-state index in [0.717, 1.165) is 22.0 Å². The number of hydrogen-bond donors (Lipinski definition) is 1. The molecule has 3 aliphatic rings. The Balaban J connectivity index is 1.61. The van der Waals surface area contributed by atoms with Crippen molar-refractivity contribution in [1.82, 2.24) is 14.7 Å². The van der Waals surface area contributed by atoms with Gasteiger partial charge in [0, 0.05) is 35.4 Å². The highest BCUT2D eigenvalue weighted by molar-refractivity contribution is 8.18. The van der Waals surface area contributed by atoms with E-state index in [0.29, 0.717) is 34.6 Å². The molecule has 202 valence electrons. The summed E-state index contributed by atoms with van der Waals surface area (Å²) < 4.78 is 0. The lowest BCUT2D eigenvalue weighted by molar-refractivity contribution is -0.130. The fraction of sp³-hybridized carbons (Fsp3) is 0.448. The fourth-order valence-corrected chi connectivity index (χ4v) is 7.60. The van der Waals surface area contributed by atoms with Gasteiger partial charge in [-0.05, 0) is 74.0 Å². The van der Waals surface area contributed by atoms with Crippen molar-refractivity contribution in [2.24, 2.45) is 10.9 Å². The van der Waals surface area contributed by atoms with Gasteiger partial charge in [-0.2, -0.15) is 0 Å². The Kier molecular flexibility index (Phi) is 7.61. The van der Waals surface area contributed by atoms with Gasteiger partial charge in [0.15, 0.2) is 5.17 Å². The lowest BCUT2D eigenvalue weighted by Gasteiger charge is -2.37. The van der Waals surface area contributed by atoms with Crippen LogP contribution in [0.4, 0.5) is 0 Å². The molecule has 0 aromatic heterocycles. The lowest BCUT2D eigenvalue weighted by Crippen LogP contribution is -2.47. The van der Waals surface area contributed by atoms with Gasteiger partial charge in [0.05, 0.1) is 18.2 Å². The monoisotopic (exact) mass is 572 g/mol. The lowest BCUT2D eigenvalue weighted by atomic mass is 9.81. The van der Waals surface area contributed by atoms with E-state index in [1.807, 2.05) is 67.4 Å². The van der Waals surface area contributed by atoms with Crippen LogP contribution >= 0.6 is 35.0 Å². The van der Waals surface area contributed by atoms with Gasteiger partial charge >= 0.3 is 0 Å². The van der Waals surface area contributed by atoms with E-state index in [-0.39, 0.29) is 23.9 Å². The molecular formula is C29H34Cl2N4O2S. The van der Waals surface area contributed by atoms with Crippen LogP contribution in [0.1, 0.15) is 44.9 Å². The number of hydrogen-bond acceptors (Lipinski definition) is 6. The van der Waals surface area contributed by atoms with Gasteiger partial charge < -0.3 is 19.8 Å². The van der Waals surface area contributed by atoms with Crippen molar-refractivity contribution in [2.45, 2.75) is 51.4 Å². The highest BCUT2D eigenvalue weighted by Crippen LogP contribution is 2.56. The van der Waals surface area contributed by atoms with Crippen LogP contribution in [0.25, 0.3) is 0 Å². The Hall–Kier alpha value is -2.03. The Bertz CT molecular complexity index is 1280. The molecule has 0 aliphatic carbocycles. The first-order valence-electron chi connectivity index (χ1n) is 13.0. The second-order valence-electron chi connectivity index (χ2n) is 10.8. The number of allylic oxidation sites excluding steroid dienone is 1. The average Bonchev–Trinajstić information content (AvgIpc) is 3.49. The van der Waals surface area contributed by atoms with E-state index < -0.39 is 11.6 Å². The zero-order valence-corrected chi connectivity index (χ0v) is 24.7. The van der Waals surface area contributed by atoms with Crippen molar-refractivity contribution >= 4 is 46.0 Å². The number of aliphatic imine (C=N–C) groups is 1. The van der Waals surface area contributed by atoms with E-state index in [1.54, 1.807) is 0 Å². The molecule has 6 nitrogen and oxygen atoms in total. The topological polar surface area (TPSA) is 59.4 Å². The number of likely N-dealkylation sites (tertiary alicyclic amines) is 1. The third kappa shape index (κ3) is 4.66. The van der Waals surface area contributed by atoms with Crippen molar-refractivity contribution in [2.75, 3.05) is 26.7 Å². The third-order valence-electron chi connectivity index (χ3n) is 7.81. The summed E-state index contributed by atoms with van der Waals surface area (Å²) in [6.07, 6.45) is -0.564. The van der Waals surface area contributed by atoms with E-state index in [1.165, 1.54) is 11.8 Å². The van der Waals surface area contributed by atoms with Gasteiger partial charge in [0.25, 0.3) is 5.91 Å². The van der Waals surface area contributed by atoms with Crippen LogP contribution in [0.2, 0.25) is 10.0 Å². The molecular weight excluding hydrogens is 539 g/mol. The van der Waals surface area contributed by atoms with Crippen LogP contribution in [0.15, 0.2) is 64.1 Å². The molecule has 0 unspecified atom stereocenters. The summed E-state index contributed by atoms with van der Waals surface area (Å²) >= 11 is 13.9. The van der Waals surface area contributed by atoms with Gasteiger partial charge in [-0.3, -0.25) is 4.79 Å². The quantitative estimate of drug-likeness (QED) is 0.477. The summed E-state index contributed by atoms with van der Waals surface area (Å²) in [4.78, 5) is 26.3. The zero-order valence-electron chi connectivity index (χ0n) is 22.4. The molecule has 3 heterocycles. The molecule has 0 bridgehead atoms. The van der Waals surface area contributed by atoms with Gasteiger partial charge in [0.1, 0.15) is 10.4 Å². The summed E-state index contributed by atoms with van der Waals surface area (Å²) in [5, 5.41) is 12.9. The number of aliphatic hydroxyl groups is 1. The minimum absolute atomic E-state index is 0.0410. The number of thioether (sulfide) groups is 1. The molecule has 1 N–H and O–H groups in total.